The minimum atomic E-state index is -3.83. The van der Waals surface area contributed by atoms with Gasteiger partial charge in [-0.15, -0.1) is 11.3 Å². The third kappa shape index (κ3) is 4.60. The SMILES string of the molecule is COc1ccc(C(=O)NNC(=O)c2cccs2)cc1S(=O)(=O)N1CCCCC1C. The molecule has 3 rings (SSSR count). The van der Waals surface area contributed by atoms with Gasteiger partial charge in [-0.1, -0.05) is 12.5 Å². The molecule has 2 N–H and O–H groups in total. The van der Waals surface area contributed by atoms with Crippen LogP contribution in [0.3, 0.4) is 0 Å². The van der Waals surface area contributed by atoms with Crippen molar-refractivity contribution in [2.45, 2.75) is 37.1 Å². The summed E-state index contributed by atoms with van der Waals surface area (Å²) in [5, 5.41) is 1.75. The first-order chi connectivity index (χ1) is 13.8. The van der Waals surface area contributed by atoms with Crippen LogP contribution in [0.4, 0.5) is 0 Å². The number of hydrogen-bond donors (Lipinski definition) is 2. The molecular weight excluding hydrogens is 414 g/mol. The Labute approximate surface area is 173 Å². The maximum absolute atomic E-state index is 13.2. The molecule has 29 heavy (non-hydrogen) atoms. The number of nitrogens with one attached hydrogen (secondary N) is 2. The number of methoxy groups -OCH3 is 1. The maximum atomic E-state index is 13.2. The van der Waals surface area contributed by atoms with Gasteiger partial charge in [-0.25, -0.2) is 8.42 Å². The van der Waals surface area contributed by atoms with E-state index in [2.05, 4.69) is 10.9 Å². The third-order valence-electron chi connectivity index (χ3n) is 4.79. The highest BCUT2D eigenvalue weighted by atomic mass is 32.2. The smallest absolute Gasteiger partial charge is 0.279 e. The normalized spacial score (nSPS) is 17.5. The van der Waals surface area contributed by atoms with Gasteiger partial charge in [-0.2, -0.15) is 4.31 Å². The molecule has 0 aliphatic carbocycles. The van der Waals surface area contributed by atoms with Gasteiger partial charge in [0.05, 0.1) is 12.0 Å². The molecule has 0 bridgehead atoms. The van der Waals surface area contributed by atoms with Crippen molar-refractivity contribution in [1.82, 2.24) is 15.2 Å². The lowest BCUT2D eigenvalue weighted by atomic mass is 10.1. The van der Waals surface area contributed by atoms with Crippen LogP contribution in [-0.4, -0.2) is 44.2 Å². The average Bonchev–Trinajstić information content (AvgIpc) is 3.26. The molecule has 0 spiro atoms. The molecule has 10 heteroatoms. The summed E-state index contributed by atoms with van der Waals surface area (Å²) in [5.74, 6) is -0.903. The predicted molar refractivity (Wildman–Crippen MR) is 109 cm³/mol. The van der Waals surface area contributed by atoms with Gasteiger partial charge in [-0.05, 0) is 49.4 Å². The van der Waals surface area contributed by atoms with Crippen LogP contribution in [0.1, 0.15) is 46.2 Å². The van der Waals surface area contributed by atoms with Gasteiger partial charge in [0.2, 0.25) is 10.0 Å². The molecule has 8 nitrogen and oxygen atoms in total. The van der Waals surface area contributed by atoms with Crippen molar-refractivity contribution in [2.75, 3.05) is 13.7 Å². The van der Waals surface area contributed by atoms with Crippen molar-refractivity contribution < 1.29 is 22.7 Å². The standard InChI is InChI=1S/C19H23N3O5S2/c1-13-6-3-4-10-22(13)29(25,26)17-12-14(8-9-15(17)27-2)18(23)20-21-19(24)16-7-5-11-28-16/h5,7-9,11-13H,3-4,6,10H2,1-2H3,(H,20,23)(H,21,24). The van der Waals surface area contributed by atoms with Crippen LogP contribution >= 0.6 is 11.3 Å². The topological polar surface area (TPSA) is 105 Å². The van der Waals surface area contributed by atoms with Gasteiger partial charge >= 0.3 is 0 Å². The molecule has 156 valence electrons. The molecule has 0 radical (unpaired) electrons. The Balaban J connectivity index is 1.82. The Morgan fingerprint density at radius 3 is 2.59 bits per heavy atom. The molecule has 1 fully saturated rings. The number of ether oxygens (including phenoxy) is 1. The lowest BCUT2D eigenvalue weighted by molar-refractivity contribution is 0.0848. The average molecular weight is 438 g/mol. The summed E-state index contributed by atoms with van der Waals surface area (Å²) >= 11 is 1.24. The summed E-state index contributed by atoms with van der Waals surface area (Å²) in [5.41, 5.74) is 4.73. The number of rotatable bonds is 5. The summed E-state index contributed by atoms with van der Waals surface area (Å²) in [4.78, 5) is 24.8. The van der Waals surface area contributed by atoms with Crippen LogP contribution in [0.25, 0.3) is 0 Å². The molecular formula is C19H23N3O5S2. The number of benzene rings is 1. The second-order valence-electron chi connectivity index (χ2n) is 6.71. The van der Waals surface area contributed by atoms with Crippen LogP contribution in [0, 0.1) is 0 Å². The van der Waals surface area contributed by atoms with E-state index >= 15 is 0 Å². The Hall–Kier alpha value is -2.43. The zero-order valence-corrected chi connectivity index (χ0v) is 17.8. The van der Waals surface area contributed by atoms with Crippen LogP contribution in [0.15, 0.2) is 40.6 Å². The van der Waals surface area contributed by atoms with Crippen molar-refractivity contribution in [3.05, 3.63) is 46.2 Å². The van der Waals surface area contributed by atoms with Crippen molar-refractivity contribution in [1.29, 1.82) is 0 Å². The number of hydrazine groups is 1. The first-order valence-corrected chi connectivity index (χ1v) is 11.5. The Morgan fingerprint density at radius 2 is 1.93 bits per heavy atom. The minimum absolute atomic E-state index is 0.0639. The highest BCUT2D eigenvalue weighted by molar-refractivity contribution is 7.89. The van der Waals surface area contributed by atoms with Gasteiger partial charge in [0.15, 0.2) is 0 Å². The fourth-order valence-corrected chi connectivity index (χ4v) is 5.73. The highest BCUT2D eigenvalue weighted by Gasteiger charge is 2.33. The lowest BCUT2D eigenvalue weighted by Crippen LogP contribution is -2.42. The number of nitrogens with zero attached hydrogens (tertiary/aromatic N) is 1. The summed E-state index contributed by atoms with van der Waals surface area (Å²) in [7, 11) is -2.45. The number of piperidine rings is 1. The molecule has 2 heterocycles. The van der Waals surface area contributed by atoms with E-state index in [1.54, 1.807) is 17.5 Å². The molecule has 2 amide bonds. The fraction of sp³-hybridized carbons (Fsp3) is 0.368. The molecule has 1 unspecified atom stereocenters. The molecule has 2 aromatic rings. The van der Waals surface area contributed by atoms with E-state index in [4.69, 9.17) is 4.74 Å². The minimum Gasteiger partial charge on any atom is -0.495 e. The molecule has 0 saturated carbocycles. The molecule has 1 aromatic carbocycles. The first kappa shape index (κ1) is 21.3. The molecule has 1 aliphatic rings. The van der Waals surface area contributed by atoms with Crippen LogP contribution in [0.2, 0.25) is 0 Å². The van der Waals surface area contributed by atoms with Gasteiger partial charge in [0.1, 0.15) is 10.6 Å². The first-order valence-electron chi connectivity index (χ1n) is 9.18. The molecule has 1 atom stereocenters. The molecule has 1 aromatic heterocycles. The van der Waals surface area contributed by atoms with E-state index in [1.165, 1.54) is 41.0 Å². The Morgan fingerprint density at radius 1 is 1.17 bits per heavy atom. The third-order valence-corrected chi connectivity index (χ3v) is 7.69. The van der Waals surface area contributed by atoms with Gasteiger partial charge < -0.3 is 4.74 Å². The van der Waals surface area contributed by atoms with E-state index in [0.29, 0.717) is 11.4 Å². The van der Waals surface area contributed by atoms with E-state index in [9.17, 15) is 18.0 Å². The number of amides is 2. The van der Waals surface area contributed by atoms with Gasteiger partial charge in [0.25, 0.3) is 11.8 Å². The van der Waals surface area contributed by atoms with E-state index in [1.807, 2.05) is 6.92 Å². The largest absolute Gasteiger partial charge is 0.495 e. The second-order valence-corrected chi connectivity index (χ2v) is 9.52. The Kier molecular flexibility index (Phi) is 6.56. The number of sulfonamides is 1. The number of thiophene rings is 1. The van der Waals surface area contributed by atoms with Crippen molar-refractivity contribution in [2.24, 2.45) is 0 Å². The van der Waals surface area contributed by atoms with Crippen LogP contribution in [-0.2, 0) is 10.0 Å². The van der Waals surface area contributed by atoms with Crippen LogP contribution in [0.5, 0.6) is 5.75 Å². The van der Waals surface area contributed by atoms with E-state index in [0.717, 1.165) is 19.3 Å². The zero-order valence-electron chi connectivity index (χ0n) is 16.2. The van der Waals surface area contributed by atoms with Crippen LogP contribution < -0.4 is 15.6 Å². The summed E-state index contributed by atoms with van der Waals surface area (Å²) in [6.45, 7) is 2.31. The zero-order chi connectivity index (χ0) is 21.0. The number of carbonyl (C=O) groups excluding carboxylic acids is 2. The van der Waals surface area contributed by atoms with E-state index < -0.39 is 21.8 Å². The molecule has 1 aliphatic heterocycles. The van der Waals surface area contributed by atoms with Crippen molar-refractivity contribution in [3.63, 3.8) is 0 Å². The second kappa shape index (κ2) is 8.93. The predicted octanol–water partition coefficient (Wildman–Crippen LogP) is 2.39. The molecule has 1 saturated heterocycles. The summed E-state index contributed by atoms with van der Waals surface area (Å²) < 4.78 is 33.1. The summed E-state index contributed by atoms with van der Waals surface area (Å²) in [6, 6.07) is 7.40. The lowest BCUT2D eigenvalue weighted by Gasteiger charge is -2.32. The highest BCUT2D eigenvalue weighted by Crippen LogP contribution is 2.31. The van der Waals surface area contributed by atoms with Gasteiger partial charge in [0, 0.05) is 18.2 Å². The van der Waals surface area contributed by atoms with Crippen molar-refractivity contribution >= 4 is 33.2 Å². The quantitative estimate of drug-likeness (QED) is 0.699. The Bertz CT molecular complexity index is 989. The van der Waals surface area contributed by atoms with E-state index in [-0.39, 0.29) is 22.3 Å². The maximum Gasteiger partial charge on any atom is 0.279 e. The van der Waals surface area contributed by atoms with Crippen molar-refractivity contribution in [3.8, 4) is 5.75 Å². The van der Waals surface area contributed by atoms with Gasteiger partial charge in [-0.3, -0.25) is 20.4 Å². The number of hydrogen-bond acceptors (Lipinski definition) is 6. The summed E-state index contributed by atoms with van der Waals surface area (Å²) in [6.07, 6.45) is 2.56. The fourth-order valence-electron chi connectivity index (χ4n) is 3.23. The monoisotopic (exact) mass is 437 g/mol. The number of carbonyl (C=O) groups is 2.